The lowest BCUT2D eigenvalue weighted by Gasteiger charge is -1.98. The molecule has 0 radical (unpaired) electrons. The first-order valence-corrected chi connectivity index (χ1v) is 4.73. The van der Waals surface area contributed by atoms with Crippen molar-refractivity contribution in [1.82, 2.24) is 19.5 Å². The number of aromatic nitrogens is 4. The van der Waals surface area contributed by atoms with Crippen LogP contribution < -0.4 is 5.32 Å². The third-order valence-electron chi connectivity index (χ3n) is 1.48. The van der Waals surface area contributed by atoms with Crippen LogP contribution in [0.5, 0.6) is 0 Å². The van der Waals surface area contributed by atoms with Gasteiger partial charge in [0.25, 0.3) is 0 Å². The van der Waals surface area contributed by atoms with E-state index in [-0.39, 0.29) is 11.7 Å². The summed E-state index contributed by atoms with van der Waals surface area (Å²) in [5.41, 5.74) is 0. The molecule has 86 valence electrons. The molecule has 0 aliphatic heterocycles. The summed E-state index contributed by atoms with van der Waals surface area (Å²) in [5.74, 6) is -0.836. The number of anilines is 1. The molecule has 2 aromatic heterocycles. The van der Waals surface area contributed by atoms with E-state index in [1.165, 1.54) is 0 Å². The smallest absolute Gasteiger partial charge is 0.353 e. The van der Waals surface area contributed by atoms with Crippen molar-refractivity contribution in [3.63, 3.8) is 0 Å². The van der Waals surface area contributed by atoms with E-state index in [1.807, 2.05) is 0 Å². The largest absolute Gasteiger partial charge is 0.452 e. The van der Waals surface area contributed by atoms with E-state index in [4.69, 9.17) is 0 Å². The van der Waals surface area contributed by atoms with Crippen molar-refractivity contribution in [2.45, 2.75) is 12.7 Å². The van der Waals surface area contributed by atoms with E-state index in [0.717, 1.165) is 6.39 Å². The molecule has 0 aliphatic carbocycles. The van der Waals surface area contributed by atoms with Gasteiger partial charge in [-0.1, -0.05) is 5.16 Å². The van der Waals surface area contributed by atoms with Crippen LogP contribution in [0.25, 0.3) is 0 Å². The number of nitrogens with zero attached hydrogens (tertiary/aromatic N) is 4. The first kappa shape index (κ1) is 10.8. The average Bonchev–Trinajstić information content (AvgIpc) is 2.85. The van der Waals surface area contributed by atoms with Crippen molar-refractivity contribution in [3.05, 3.63) is 18.0 Å². The second-order valence-corrected chi connectivity index (χ2v) is 3.37. The molecule has 0 spiro atoms. The van der Waals surface area contributed by atoms with Gasteiger partial charge in [-0.2, -0.15) is 27.5 Å². The minimum atomic E-state index is -4.53. The van der Waals surface area contributed by atoms with E-state index >= 15 is 0 Å². The Morgan fingerprint density at radius 1 is 1.44 bits per heavy atom. The number of hydrogen-bond donors (Lipinski definition) is 1. The third kappa shape index (κ3) is 2.45. The summed E-state index contributed by atoms with van der Waals surface area (Å²) in [7, 11) is 0. The third-order valence-corrected chi connectivity index (χ3v) is 2.16. The van der Waals surface area contributed by atoms with E-state index in [9.17, 15) is 13.2 Å². The highest BCUT2D eigenvalue weighted by atomic mass is 32.1. The minimum absolute atomic E-state index is 0.0529. The maximum absolute atomic E-state index is 12.1. The molecule has 0 unspecified atom stereocenters. The quantitative estimate of drug-likeness (QED) is 0.891. The monoisotopic (exact) mass is 251 g/mol. The number of rotatable bonds is 3. The van der Waals surface area contributed by atoms with Gasteiger partial charge in [-0.05, 0) is 0 Å². The van der Waals surface area contributed by atoms with Gasteiger partial charge in [-0.15, -0.1) is 0 Å². The van der Waals surface area contributed by atoms with Gasteiger partial charge in [0.05, 0.1) is 6.54 Å². The fraction of sp³-hybridized carbons (Fsp3) is 0.333. The van der Waals surface area contributed by atoms with Crippen LogP contribution >= 0.6 is 11.5 Å². The van der Waals surface area contributed by atoms with E-state index < -0.39 is 12.0 Å². The molecule has 16 heavy (non-hydrogen) atoms. The standard InChI is InChI=1S/C6H4F3N5OS/c7-6(8,9)4-12-5(16-14-4)10-1-3-11-2-15-13-3/h2H,1H2,(H,10,12,14). The summed E-state index contributed by atoms with van der Waals surface area (Å²) in [4.78, 5) is 6.95. The molecule has 0 bridgehead atoms. The second-order valence-electron chi connectivity index (χ2n) is 2.62. The molecular weight excluding hydrogens is 247 g/mol. The van der Waals surface area contributed by atoms with Crippen LogP contribution in [0.15, 0.2) is 10.9 Å². The lowest BCUT2D eigenvalue weighted by atomic mass is 10.6. The molecular formula is C6H4F3N5OS. The number of halogens is 3. The fourth-order valence-corrected chi connectivity index (χ4v) is 1.42. The van der Waals surface area contributed by atoms with Gasteiger partial charge in [0, 0.05) is 11.5 Å². The Morgan fingerprint density at radius 2 is 2.25 bits per heavy atom. The molecule has 0 amide bonds. The Labute approximate surface area is 90.7 Å². The summed E-state index contributed by atoms with van der Waals surface area (Å²) in [6.45, 7) is 0.128. The molecule has 2 heterocycles. The predicted octanol–water partition coefficient (Wildman–Crippen LogP) is 1.55. The summed E-state index contributed by atoms with van der Waals surface area (Å²) in [5, 5.41) is 6.12. The molecule has 6 nitrogen and oxygen atoms in total. The van der Waals surface area contributed by atoms with Crippen LogP contribution in [0.1, 0.15) is 11.6 Å². The number of hydrogen-bond acceptors (Lipinski definition) is 7. The van der Waals surface area contributed by atoms with Crippen LogP contribution in [0.3, 0.4) is 0 Å². The predicted molar refractivity (Wildman–Crippen MR) is 46.5 cm³/mol. The molecule has 0 aromatic carbocycles. The van der Waals surface area contributed by atoms with Gasteiger partial charge in [0.1, 0.15) is 0 Å². The van der Waals surface area contributed by atoms with Gasteiger partial charge in [0.15, 0.2) is 5.82 Å². The Hall–Kier alpha value is -1.71. The molecule has 0 aliphatic rings. The first-order valence-electron chi connectivity index (χ1n) is 3.96. The Bertz CT molecular complexity index is 453. The zero-order valence-corrected chi connectivity index (χ0v) is 8.34. The molecule has 0 fully saturated rings. The van der Waals surface area contributed by atoms with E-state index in [1.54, 1.807) is 0 Å². The summed E-state index contributed by atoms with van der Waals surface area (Å²) < 4.78 is 44.0. The Balaban J connectivity index is 1.98. The Morgan fingerprint density at radius 3 is 2.81 bits per heavy atom. The summed E-state index contributed by atoms with van der Waals surface area (Å²) >= 11 is 0.620. The number of nitrogens with one attached hydrogen (secondary N) is 1. The second kappa shape index (κ2) is 4.04. The minimum Gasteiger partial charge on any atom is -0.353 e. The molecule has 0 atom stereocenters. The van der Waals surface area contributed by atoms with Gasteiger partial charge >= 0.3 is 6.18 Å². The highest BCUT2D eigenvalue weighted by molar-refractivity contribution is 7.09. The van der Waals surface area contributed by atoms with Crippen LogP contribution in [-0.2, 0) is 12.7 Å². The van der Waals surface area contributed by atoms with Gasteiger partial charge in [-0.3, -0.25) is 0 Å². The molecule has 0 saturated carbocycles. The van der Waals surface area contributed by atoms with Crippen molar-refractivity contribution in [2.24, 2.45) is 0 Å². The maximum Gasteiger partial charge on any atom is 0.452 e. The number of alkyl halides is 3. The molecule has 10 heteroatoms. The van der Waals surface area contributed by atoms with Crippen molar-refractivity contribution in [3.8, 4) is 0 Å². The normalized spacial score (nSPS) is 11.7. The maximum atomic E-state index is 12.1. The lowest BCUT2D eigenvalue weighted by Crippen LogP contribution is -2.08. The van der Waals surface area contributed by atoms with Crippen LogP contribution in [0.2, 0.25) is 0 Å². The lowest BCUT2D eigenvalue weighted by molar-refractivity contribution is -0.144. The SMILES string of the molecule is FC(F)(F)c1nsc(NCc2ncon2)n1. The van der Waals surface area contributed by atoms with Crippen molar-refractivity contribution < 1.29 is 17.7 Å². The van der Waals surface area contributed by atoms with Crippen LogP contribution in [0, 0.1) is 0 Å². The van der Waals surface area contributed by atoms with Crippen LogP contribution in [0.4, 0.5) is 18.3 Å². The summed E-state index contributed by atoms with van der Waals surface area (Å²) in [6.07, 6.45) is -3.40. The van der Waals surface area contributed by atoms with Gasteiger partial charge in [0.2, 0.25) is 17.3 Å². The highest BCUT2D eigenvalue weighted by Gasteiger charge is 2.36. The highest BCUT2D eigenvalue weighted by Crippen LogP contribution is 2.28. The molecule has 1 N–H and O–H groups in total. The first-order chi connectivity index (χ1) is 7.55. The van der Waals surface area contributed by atoms with Crippen LogP contribution in [-0.4, -0.2) is 19.5 Å². The van der Waals surface area contributed by atoms with Crippen molar-refractivity contribution >= 4 is 16.7 Å². The Kier molecular flexibility index (Phi) is 2.73. The van der Waals surface area contributed by atoms with Gasteiger partial charge < -0.3 is 9.84 Å². The van der Waals surface area contributed by atoms with E-state index in [2.05, 4.69) is 29.3 Å². The van der Waals surface area contributed by atoms with Crippen molar-refractivity contribution in [2.75, 3.05) is 5.32 Å². The van der Waals surface area contributed by atoms with Gasteiger partial charge in [-0.25, -0.2) is 0 Å². The average molecular weight is 251 g/mol. The van der Waals surface area contributed by atoms with E-state index in [0.29, 0.717) is 17.4 Å². The molecule has 2 rings (SSSR count). The topological polar surface area (TPSA) is 76.7 Å². The summed E-state index contributed by atoms with van der Waals surface area (Å²) in [6, 6.07) is 0. The van der Waals surface area contributed by atoms with Crippen molar-refractivity contribution in [1.29, 1.82) is 0 Å². The zero-order chi connectivity index (χ0) is 11.6. The fourth-order valence-electron chi connectivity index (χ4n) is 0.835. The molecule has 2 aromatic rings. The molecule has 0 saturated heterocycles. The zero-order valence-electron chi connectivity index (χ0n) is 7.52.